The summed E-state index contributed by atoms with van der Waals surface area (Å²) >= 11 is 0. The largest absolute Gasteiger partial charge is 0.486 e. The van der Waals surface area contributed by atoms with Crippen LogP contribution in [-0.4, -0.2) is 73.5 Å². The molecule has 3 aliphatic rings. The van der Waals surface area contributed by atoms with Gasteiger partial charge in [0, 0.05) is 45.0 Å². The third-order valence-electron chi connectivity index (χ3n) is 5.57. The summed E-state index contributed by atoms with van der Waals surface area (Å²) in [6.07, 6.45) is 2.93. The van der Waals surface area contributed by atoms with Crippen molar-refractivity contribution in [3.05, 3.63) is 36.0 Å². The molecule has 0 radical (unpaired) electrons. The fraction of sp³-hybridized carbons (Fsp3) is 0.524. The Balaban J connectivity index is 1.17. The number of aromatic nitrogens is 2. The van der Waals surface area contributed by atoms with Gasteiger partial charge in [-0.2, -0.15) is 4.98 Å². The fourth-order valence-electron chi connectivity index (χ4n) is 4.09. The zero-order valence-electron chi connectivity index (χ0n) is 16.5. The Morgan fingerprint density at radius 1 is 1.00 bits per heavy atom. The van der Waals surface area contributed by atoms with E-state index in [0.717, 1.165) is 75.6 Å². The van der Waals surface area contributed by atoms with Crippen LogP contribution < -0.4 is 19.7 Å². The van der Waals surface area contributed by atoms with E-state index in [2.05, 4.69) is 32.2 Å². The number of benzene rings is 1. The first-order valence-electron chi connectivity index (χ1n) is 10.4. The normalized spacial score (nSPS) is 21.9. The van der Waals surface area contributed by atoms with Gasteiger partial charge in [0.25, 0.3) is 0 Å². The number of hydrogen-bond acceptors (Lipinski definition) is 8. The zero-order valence-corrected chi connectivity index (χ0v) is 16.5. The highest BCUT2D eigenvalue weighted by Gasteiger charge is 2.24. The second-order valence-corrected chi connectivity index (χ2v) is 7.68. The van der Waals surface area contributed by atoms with Crippen LogP contribution in [0.3, 0.4) is 0 Å². The van der Waals surface area contributed by atoms with Crippen LogP contribution >= 0.6 is 0 Å². The van der Waals surface area contributed by atoms with Crippen molar-refractivity contribution in [3.63, 3.8) is 0 Å². The van der Waals surface area contributed by atoms with Crippen LogP contribution in [0.2, 0.25) is 0 Å². The maximum Gasteiger partial charge on any atom is 0.227 e. The summed E-state index contributed by atoms with van der Waals surface area (Å²) in [5.74, 6) is 3.39. The average molecular weight is 397 g/mol. The maximum atomic E-state index is 5.71. The number of hydrogen-bond donors (Lipinski definition) is 1. The van der Waals surface area contributed by atoms with Gasteiger partial charge < -0.3 is 24.4 Å². The molecule has 2 saturated heterocycles. The van der Waals surface area contributed by atoms with E-state index in [1.54, 1.807) is 0 Å². The molecule has 2 aromatic rings. The molecule has 0 spiro atoms. The number of morpholine rings is 1. The second kappa shape index (κ2) is 8.42. The van der Waals surface area contributed by atoms with Crippen LogP contribution in [0.25, 0.3) is 0 Å². The van der Waals surface area contributed by atoms with Crippen molar-refractivity contribution >= 4 is 11.8 Å². The predicted molar refractivity (Wildman–Crippen MR) is 110 cm³/mol. The standard InChI is InChI=1S/C21H27N5O3/c1-2-18-19(29-12-11-28-18)13-16(1)14-25-6-4-17(15-25)23-20-3-5-22-21(24-20)26-7-9-27-10-8-26/h1-3,5,13,17H,4,6-12,14-15H2,(H,22,23,24). The molecule has 2 fully saturated rings. The summed E-state index contributed by atoms with van der Waals surface area (Å²) < 4.78 is 16.7. The number of ether oxygens (including phenoxy) is 3. The van der Waals surface area contributed by atoms with Crippen molar-refractivity contribution in [1.29, 1.82) is 0 Å². The molecule has 0 aliphatic carbocycles. The minimum atomic E-state index is 0.389. The SMILES string of the molecule is c1cc(NC2CCN(Cc3ccc4c(c3)OCCO4)C2)nc(N2CCOCC2)n1. The highest BCUT2D eigenvalue weighted by Crippen LogP contribution is 2.31. The minimum Gasteiger partial charge on any atom is -0.486 e. The van der Waals surface area contributed by atoms with E-state index in [9.17, 15) is 0 Å². The third-order valence-corrected chi connectivity index (χ3v) is 5.57. The number of rotatable bonds is 5. The van der Waals surface area contributed by atoms with Crippen LogP contribution in [0.15, 0.2) is 30.5 Å². The quantitative estimate of drug-likeness (QED) is 0.819. The first kappa shape index (κ1) is 18.4. The van der Waals surface area contributed by atoms with Crippen molar-refractivity contribution in [3.8, 4) is 11.5 Å². The number of nitrogens with zero attached hydrogens (tertiary/aromatic N) is 4. The lowest BCUT2D eigenvalue weighted by Gasteiger charge is -2.27. The van der Waals surface area contributed by atoms with E-state index >= 15 is 0 Å². The number of anilines is 2. The molecule has 1 atom stereocenters. The van der Waals surface area contributed by atoms with Crippen LogP contribution in [0.4, 0.5) is 11.8 Å². The molecular formula is C21H27N5O3. The summed E-state index contributed by atoms with van der Waals surface area (Å²) in [6.45, 7) is 7.37. The summed E-state index contributed by atoms with van der Waals surface area (Å²) in [6, 6.07) is 8.60. The van der Waals surface area contributed by atoms with Crippen molar-refractivity contribution in [2.75, 3.05) is 62.8 Å². The van der Waals surface area contributed by atoms with Gasteiger partial charge >= 0.3 is 0 Å². The Labute approximate surface area is 170 Å². The third kappa shape index (κ3) is 4.38. The lowest BCUT2D eigenvalue weighted by atomic mass is 10.2. The molecule has 1 aromatic heterocycles. The number of nitrogens with one attached hydrogen (secondary N) is 1. The topological polar surface area (TPSA) is 72.0 Å². The van der Waals surface area contributed by atoms with E-state index in [1.165, 1.54) is 5.56 Å². The van der Waals surface area contributed by atoms with Crippen molar-refractivity contribution < 1.29 is 14.2 Å². The molecule has 8 heteroatoms. The predicted octanol–water partition coefficient (Wildman–Crippen LogP) is 1.77. The smallest absolute Gasteiger partial charge is 0.227 e. The van der Waals surface area contributed by atoms with E-state index in [4.69, 9.17) is 19.2 Å². The van der Waals surface area contributed by atoms with Gasteiger partial charge in [-0.1, -0.05) is 6.07 Å². The average Bonchev–Trinajstić information content (AvgIpc) is 3.21. The Hall–Kier alpha value is -2.58. The molecule has 154 valence electrons. The lowest BCUT2D eigenvalue weighted by molar-refractivity contribution is 0.122. The summed E-state index contributed by atoms with van der Waals surface area (Å²) in [4.78, 5) is 13.8. The van der Waals surface area contributed by atoms with E-state index < -0.39 is 0 Å². The van der Waals surface area contributed by atoms with Gasteiger partial charge in [-0.15, -0.1) is 0 Å². The number of fused-ring (bicyclic) bond motifs is 1. The summed E-state index contributed by atoms with van der Waals surface area (Å²) in [5.41, 5.74) is 1.26. The van der Waals surface area contributed by atoms with Crippen LogP contribution in [0.5, 0.6) is 11.5 Å². The Kier molecular flexibility index (Phi) is 5.36. The molecule has 0 amide bonds. The molecule has 1 N–H and O–H groups in total. The molecule has 0 bridgehead atoms. The van der Waals surface area contributed by atoms with Crippen LogP contribution in [0.1, 0.15) is 12.0 Å². The Morgan fingerprint density at radius 3 is 2.76 bits per heavy atom. The molecule has 5 rings (SSSR count). The second-order valence-electron chi connectivity index (χ2n) is 7.68. The van der Waals surface area contributed by atoms with Crippen molar-refractivity contribution in [2.45, 2.75) is 19.0 Å². The van der Waals surface area contributed by atoms with Gasteiger partial charge in [-0.3, -0.25) is 4.90 Å². The van der Waals surface area contributed by atoms with E-state index in [1.807, 2.05) is 18.3 Å². The molecule has 1 aromatic carbocycles. The molecule has 3 aliphatic heterocycles. The first-order valence-corrected chi connectivity index (χ1v) is 10.4. The molecular weight excluding hydrogens is 370 g/mol. The van der Waals surface area contributed by atoms with Gasteiger partial charge in [-0.25, -0.2) is 4.98 Å². The van der Waals surface area contributed by atoms with E-state index in [-0.39, 0.29) is 0 Å². The van der Waals surface area contributed by atoms with Gasteiger partial charge in [0.15, 0.2) is 11.5 Å². The van der Waals surface area contributed by atoms with Crippen molar-refractivity contribution in [1.82, 2.24) is 14.9 Å². The zero-order chi connectivity index (χ0) is 19.5. The molecule has 29 heavy (non-hydrogen) atoms. The molecule has 1 unspecified atom stereocenters. The first-order chi connectivity index (χ1) is 14.3. The summed E-state index contributed by atoms with van der Waals surface area (Å²) in [5, 5.41) is 3.59. The van der Waals surface area contributed by atoms with Gasteiger partial charge in [0.05, 0.1) is 13.2 Å². The lowest BCUT2D eigenvalue weighted by Crippen LogP contribution is -2.37. The number of likely N-dealkylation sites (tertiary alicyclic amines) is 1. The molecule has 8 nitrogen and oxygen atoms in total. The minimum absolute atomic E-state index is 0.389. The van der Waals surface area contributed by atoms with Crippen LogP contribution in [0, 0.1) is 0 Å². The van der Waals surface area contributed by atoms with Crippen molar-refractivity contribution in [2.24, 2.45) is 0 Å². The summed E-state index contributed by atoms with van der Waals surface area (Å²) in [7, 11) is 0. The fourth-order valence-corrected chi connectivity index (χ4v) is 4.09. The Bertz CT molecular complexity index is 843. The Morgan fingerprint density at radius 2 is 1.86 bits per heavy atom. The maximum absolute atomic E-state index is 5.71. The highest BCUT2D eigenvalue weighted by atomic mass is 16.6. The highest BCUT2D eigenvalue weighted by molar-refractivity contribution is 5.44. The van der Waals surface area contributed by atoms with Gasteiger partial charge in [-0.05, 0) is 30.2 Å². The molecule has 4 heterocycles. The van der Waals surface area contributed by atoms with E-state index in [0.29, 0.717) is 19.3 Å². The monoisotopic (exact) mass is 397 g/mol. The van der Waals surface area contributed by atoms with Gasteiger partial charge in [0.2, 0.25) is 5.95 Å². The molecule has 0 saturated carbocycles. The van der Waals surface area contributed by atoms with Crippen LogP contribution in [-0.2, 0) is 11.3 Å². The van der Waals surface area contributed by atoms with Gasteiger partial charge in [0.1, 0.15) is 19.0 Å².